The molecule has 0 unspecified atom stereocenters. The maximum Gasteiger partial charge on any atom is 0.346 e. The summed E-state index contributed by atoms with van der Waals surface area (Å²) in [6.45, 7) is 1.40. The van der Waals surface area contributed by atoms with Crippen molar-refractivity contribution in [2.24, 2.45) is 0 Å². The number of hydrogen-bond donors (Lipinski definition) is 6. The van der Waals surface area contributed by atoms with Crippen molar-refractivity contribution in [1.29, 1.82) is 0 Å². The predicted molar refractivity (Wildman–Crippen MR) is 102 cm³/mol. The third-order valence-corrected chi connectivity index (χ3v) is 4.43. The lowest BCUT2D eigenvalue weighted by Crippen LogP contribution is -2.33. The van der Waals surface area contributed by atoms with E-state index in [0.29, 0.717) is 22.8 Å². The number of aliphatic hydroxyl groups is 3. The van der Waals surface area contributed by atoms with Gasteiger partial charge in [-0.25, -0.2) is 24.7 Å². The quantitative estimate of drug-likeness (QED) is 0.285. The minimum Gasteiger partial charge on any atom is -0.394 e. The van der Waals surface area contributed by atoms with E-state index in [1.807, 2.05) is 0 Å². The van der Waals surface area contributed by atoms with E-state index in [1.165, 1.54) is 23.4 Å². The van der Waals surface area contributed by atoms with Gasteiger partial charge in [-0.15, -0.1) is 0 Å². The Morgan fingerprint density at radius 1 is 1.28 bits per heavy atom. The Morgan fingerprint density at radius 3 is 2.62 bits per heavy atom. The molecule has 0 spiro atoms. The number of H-pyrrole nitrogens is 1. The molecule has 0 aromatic carbocycles. The first-order chi connectivity index (χ1) is 13.9. The fourth-order valence-corrected chi connectivity index (χ4v) is 2.80. The van der Waals surface area contributed by atoms with Crippen LogP contribution in [0.4, 0.5) is 11.6 Å². The number of aromatic nitrogens is 6. The summed E-state index contributed by atoms with van der Waals surface area (Å²) in [7, 11) is 1.72. The maximum absolute atomic E-state index is 10.4. The molecule has 29 heavy (non-hydrogen) atoms. The zero-order valence-corrected chi connectivity index (χ0v) is 15.7. The summed E-state index contributed by atoms with van der Waals surface area (Å²) in [5.41, 5.74) is 6.71. The third kappa shape index (κ3) is 4.02. The Bertz CT molecular complexity index is 1040. The van der Waals surface area contributed by atoms with Gasteiger partial charge in [-0.05, 0) is 6.92 Å². The molecule has 4 heterocycles. The molecule has 1 aliphatic rings. The number of nitrogens with two attached hydrogens (primary N) is 1. The second-order valence-electron chi connectivity index (χ2n) is 6.31. The molecule has 13 nitrogen and oxygen atoms in total. The predicted octanol–water partition coefficient (Wildman–Crippen LogP) is -1.86. The molecular formula is C16H22N8O5. The molecular weight excluding hydrogens is 384 g/mol. The average molecular weight is 406 g/mol. The van der Waals surface area contributed by atoms with Crippen molar-refractivity contribution in [2.75, 3.05) is 24.7 Å². The van der Waals surface area contributed by atoms with Crippen LogP contribution in [0.1, 0.15) is 11.8 Å². The van der Waals surface area contributed by atoms with Gasteiger partial charge in [0.05, 0.1) is 12.9 Å². The molecule has 7 N–H and O–H groups in total. The minimum absolute atomic E-state index is 0.377. The van der Waals surface area contributed by atoms with Crippen molar-refractivity contribution in [3.05, 3.63) is 34.9 Å². The Balaban J connectivity index is 0.000000224. The summed E-state index contributed by atoms with van der Waals surface area (Å²) in [6.07, 6.45) is 0.248. The Kier molecular flexibility index (Phi) is 6.03. The van der Waals surface area contributed by atoms with Gasteiger partial charge in [0.25, 0.3) is 0 Å². The lowest BCUT2D eigenvalue weighted by molar-refractivity contribution is -0.0511. The molecule has 0 aliphatic carbocycles. The normalized spacial score (nSPS) is 23.6. The summed E-state index contributed by atoms with van der Waals surface area (Å²) >= 11 is 0. The first kappa shape index (κ1) is 20.6. The smallest absolute Gasteiger partial charge is 0.346 e. The number of rotatable bonds is 3. The zero-order valence-electron chi connectivity index (χ0n) is 15.7. The van der Waals surface area contributed by atoms with Gasteiger partial charge >= 0.3 is 5.69 Å². The van der Waals surface area contributed by atoms with Gasteiger partial charge in [-0.2, -0.15) is 0 Å². The zero-order chi connectivity index (χ0) is 21.1. The van der Waals surface area contributed by atoms with Gasteiger partial charge in [0.2, 0.25) is 0 Å². The van der Waals surface area contributed by atoms with E-state index in [0.717, 1.165) is 5.56 Å². The fraction of sp³-hybridized carbons (Fsp3) is 0.438. The molecule has 0 radical (unpaired) electrons. The van der Waals surface area contributed by atoms with Crippen molar-refractivity contribution in [2.45, 2.75) is 31.5 Å². The fourth-order valence-electron chi connectivity index (χ4n) is 2.80. The SMILES string of the molecule is CNc1ncnc2c1ncn2[C@@H]1O[C@H](CO)[C@@H](O)[C@H]1O.Cc1cnc(=O)[nH]c1N. The highest BCUT2D eigenvalue weighted by Gasteiger charge is 2.43. The number of nitrogens with one attached hydrogen (secondary N) is 2. The van der Waals surface area contributed by atoms with Crippen LogP contribution in [0.5, 0.6) is 0 Å². The average Bonchev–Trinajstić information content (AvgIpc) is 3.26. The molecule has 0 amide bonds. The highest BCUT2D eigenvalue weighted by Crippen LogP contribution is 2.31. The van der Waals surface area contributed by atoms with Crippen LogP contribution in [0, 0.1) is 6.92 Å². The molecule has 156 valence electrons. The van der Waals surface area contributed by atoms with Crippen molar-refractivity contribution < 1.29 is 20.1 Å². The largest absolute Gasteiger partial charge is 0.394 e. The van der Waals surface area contributed by atoms with Crippen LogP contribution in [0.25, 0.3) is 11.2 Å². The number of anilines is 2. The summed E-state index contributed by atoms with van der Waals surface area (Å²) < 4.78 is 6.97. The molecule has 0 bridgehead atoms. The Labute approximate surface area is 164 Å². The second-order valence-corrected chi connectivity index (χ2v) is 6.31. The number of fused-ring (bicyclic) bond motifs is 1. The molecule has 0 saturated carbocycles. The first-order valence-corrected chi connectivity index (χ1v) is 8.66. The molecule has 1 saturated heterocycles. The number of aliphatic hydroxyl groups excluding tert-OH is 3. The van der Waals surface area contributed by atoms with Gasteiger partial charge in [-0.1, -0.05) is 0 Å². The van der Waals surface area contributed by atoms with Crippen LogP contribution in [-0.4, -0.2) is 76.8 Å². The van der Waals surface area contributed by atoms with Crippen molar-refractivity contribution in [1.82, 2.24) is 29.5 Å². The van der Waals surface area contributed by atoms with E-state index in [9.17, 15) is 15.0 Å². The second kappa shape index (κ2) is 8.48. The van der Waals surface area contributed by atoms with Crippen molar-refractivity contribution >= 4 is 22.8 Å². The van der Waals surface area contributed by atoms with E-state index in [-0.39, 0.29) is 6.61 Å². The van der Waals surface area contributed by atoms with Crippen LogP contribution >= 0.6 is 0 Å². The number of aryl methyl sites for hydroxylation is 1. The van der Waals surface area contributed by atoms with Gasteiger partial charge in [0.15, 0.2) is 17.7 Å². The number of nitrogens with zero attached hydrogens (tertiary/aromatic N) is 5. The van der Waals surface area contributed by atoms with Gasteiger partial charge in [0.1, 0.15) is 36.0 Å². The number of hydrogen-bond acceptors (Lipinski definition) is 11. The van der Waals surface area contributed by atoms with E-state index >= 15 is 0 Å². The van der Waals surface area contributed by atoms with Crippen molar-refractivity contribution in [3.8, 4) is 0 Å². The number of ether oxygens (including phenoxy) is 1. The van der Waals surface area contributed by atoms with Crippen LogP contribution < -0.4 is 16.7 Å². The first-order valence-electron chi connectivity index (χ1n) is 8.66. The third-order valence-electron chi connectivity index (χ3n) is 4.43. The van der Waals surface area contributed by atoms with E-state index < -0.39 is 30.2 Å². The van der Waals surface area contributed by atoms with E-state index in [1.54, 1.807) is 14.0 Å². The van der Waals surface area contributed by atoms with Gasteiger partial charge < -0.3 is 31.1 Å². The molecule has 3 aromatic rings. The maximum atomic E-state index is 10.4. The molecule has 1 fully saturated rings. The lowest BCUT2D eigenvalue weighted by Gasteiger charge is -2.16. The van der Waals surface area contributed by atoms with Gasteiger partial charge in [0, 0.05) is 18.8 Å². The Hall–Kier alpha value is -3.13. The Morgan fingerprint density at radius 2 is 2.03 bits per heavy atom. The molecule has 4 rings (SSSR count). The standard InChI is InChI=1S/C11H15N5O4.C5H7N3O/c1-12-9-6-10(14-3-13-9)16(4-15-6)11-8(19)7(18)5(2-17)20-11;1-3-2-7-5(9)8-4(3)6/h3-5,7-8,11,17-19H,2H2,1H3,(H,12,13,14);2H,1H3,(H3,6,7,8,9)/t5-,7-,8-,11-;/m1./s1. The monoisotopic (exact) mass is 406 g/mol. The van der Waals surface area contributed by atoms with Crippen LogP contribution in [0.2, 0.25) is 0 Å². The highest BCUT2D eigenvalue weighted by molar-refractivity contribution is 5.82. The highest BCUT2D eigenvalue weighted by atomic mass is 16.6. The molecule has 13 heteroatoms. The summed E-state index contributed by atoms with van der Waals surface area (Å²) in [5, 5.41) is 31.8. The molecule has 3 aromatic heterocycles. The number of nitrogen functional groups attached to an aromatic ring is 1. The van der Waals surface area contributed by atoms with Crippen LogP contribution in [0.15, 0.2) is 23.6 Å². The van der Waals surface area contributed by atoms with Crippen LogP contribution in [-0.2, 0) is 4.74 Å². The minimum atomic E-state index is -1.17. The van der Waals surface area contributed by atoms with E-state index in [4.69, 9.17) is 15.6 Å². The van der Waals surface area contributed by atoms with Gasteiger partial charge in [-0.3, -0.25) is 9.55 Å². The number of imidazole rings is 1. The topological polar surface area (TPSA) is 197 Å². The summed E-state index contributed by atoms with van der Waals surface area (Å²) in [4.78, 5) is 28.5. The van der Waals surface area contributed by atoms with Crippen LogP contribution in [0.3, 0.4) is 0 Å². The molecule has 1 aliphatic heterocycles. The molecule has 4 atom stereocenters. The summed E-state index contributed by atoms with van der Waals surface area (Å²) in [6, 6.07) is 0. The van der Waals surface area contributed by atoms with E-state index in [2.05, 4.69) is 30.2 Å². The number of aromatic amines is 1. The lowest BCUT2D eigenvalue weighted by atomic mass is 10.1. The van der Waals surface area contributed by atoms with Crippen molar-refractivity contribution in [3.63, 3.8) is 0 Å². The summed E-state index contributed by atoms with van der Waals surface area (Å²) in [5.74, 6) is 0.940.